The minimum absolute atomic E-state index is 0.140. The number of carbonyl (C=O) groups excluding carboxylic acids is 2. The third-order valence-electron chi connectivity index (χ3n) is 4.45. The highest BCUT2D eigenvalue weighted by molar-refractivity contribution is 6.05. The van der Waals surface area contributed by atoms with Crippen molar-refractivity contribution in [1.82, 2.24) is 14.8 Å². The number of nitrogens with zero attached hydrogens (tertiary/aromatic N) is 3. The lowest BCUT2D eigenvalue weighted by Crippen LogP contribution is -2.47. The number of hydrogen-bond acceptors (Lipinski definition) is 5. The number of pyridine rings is 1. The second-order valence-corrected chi connectivity index (χ2v) is 6.44. The maximum Gasteiger partial charge on any atom is 0.272 e. The van der Waals surface area contributed by atoms with E-state index in [0.717, 1.165) is 18.8 Å². The fraction of sp³-hybridized carbons (Fsp3) is 0.350. The van der Waals surface area contributed by atoms with Crippen molar-refractivity contribution in [3.05, 3.63) is 53.9 Å². The number of hydrogen-bond donors (Lipinski definition) is 1. The quantitative estimate of drug-likeness (QED) is 0.875. The van der Waals surface area contributed by atoms with Gasteiger partial charge in [0.25, 0.3) is 11.8 Å². The van der Waals surface area contributed by atoms with Crippen LogP contribution in [-0.4, -0.2) is 66.4 Å². The zero-order chi connectivity index (χ0) is 19.2. The van der Waals surface area contributed by atoms with Crippen LogP contribution in [-0.2, 0) is 0 Å². The van der Waals surface area contributed by atoms with E-state index in [-0.39, 0.29) is 11.8 Å². The van der Waals surface area contributed by atoms with E-state index in [1.165, 1.54) is 6.20 Å². The summed E-state index contributed by atoms with van der Waals surface area (Å²) >= 11 is 0. The number of nitrogens with one attached hydrogen (secondary N) is 1. The molecule has 1 saturated heterocycles. The van der Waals surface area contributed by atoms with Gasteiger partial charge < -0.3 is 19.9 Å². The van der Waals surface area contributed by atoms with Gasteiger partial charge in [-0.3, -0.25) is 14.6 Å². The van der Waals surface area contributed by atoms with Crippen LogP contribution < -0.4 is 10.1 Å². The van der Waals surface area contributed by atoms with Gasteiger partial charge in [0, 0.05) is 43.6 Å². The predicted octanol–water partition coefficient (Wildman–Crippen LogP) is 2.12. The number of carbonyl (C=O) groups is 2. The van der Waals surface area contributed by atoms with E-state index >= 15 is 0 Å². The Morgan fingerprint density at radius 3 is 2.48 bits per heavy atom. The number of benzene rings is 1. The van der Waals surface area contributed by atoms with Gasteiger partial charge >= 0.3 is 0 Å². The van der Waals surface area contributed by atoms with Gasteiger partial charge in [-0.2, -0.15) is 0 Å². The Kier molecular flexibility index (Phi) is 6.03. The fourth-order valence-corrected chi connectivity index (χ4v) is 2.86. The van der Waals surface area contributed by atoms with Crippen LogP contribution in [0, 0.1) is 0 Å². The van der Waals surface area contributed by atoms with Crippen molar-refractivity contribution in [2.24, 2.45) is 0 Å². The summed E-state index contributed by atoms with van der Waals surface area (Å²) in [5.74, 6) is 0.326. The summed E-state index contributed by atoms with van der Waals surface area (Å²) in [6.07, 6.45) is 1.50. The van der Waals surface area contributed by atoms with E-state index in [2.05, 4.69) is 15.2 Å². The summed E-state index contributed by atoms with van der Waals surface area (Å²) in [5, 5.41) is 2.83. The van der Waals surface area contributed by atoms with Crippen LogP contribution in [0.1, 0.15) is 27.8 Å². The van der Waals surface area contributed by atoms with Crippen molar-refractivity contribution < 1.29 is 14.3 Å². The number of piperazine rings is 1. The first-order chi connectivity index (χ1) is 13.1. The molecule has 1 aliphatic heterocycles. The lowest BCUT2D eigenvalue weighted by atomic mass is 10.2. The molecule has 7 nitrogen and oxygen atoms in total. The highest BCUT2D eigenvalue weighted by atomic mass is 16.5. The molecule has 3 rings (SSSR count). The van der Waals surface area contributed by atoms with Crippen molar-refractivity contribution in [2.75, 3.05) is 45.2 Å². The van der Waals surface area contributed by atoms with Gasteiger partial charge in [-0.15, -0.1) is 0 Å². The molecule has 1 fully saturated rings. The Labute approximate surface area is 158 Å². The van der Waals surface area contributed by atoms with Crippen LogP contribution in [0.3, 0.4) is 0 Å². The fourth-order valence-electron chi connectivity index (χ4n) is 2.86. The number of ether oxygens (including phenoxy) is 1. The lowest BCUT2D eigenvalue weighted by Gasteiger charge is -2.32. The molecule has 2 aromatic rings. The Bertz CT molecular complexity index is 799. The van der Waals surface area contributed by atoms with Crippen molar-refractivity contribution in [1.29, 1.82) is 0 Å². The molecular formula is C20H24N4O3. The number of amides is 2. The molecule has 7 heteroatoms. The van der Waals surface area contributed by atoms with Crippen LogP contribution in [0.25, 0.3) is 0 Å². The molecular weight excluding hydrogens is 344 g/mol. The highest BCUT2D eigenvalue weighted by Crippen LogP contribution is 2.17. The van der Waals surface area contributed by atoms with Gasteiger partial charge in [0.15, 0.2) is 0 Å². The molecule has 0 radical (unpaired) electrons. The monoisotopic (exact) mass is 368 g/mol. The molecule has 142 valence electrons. The smallest absolute Gasteiger partial charge is 0.272 e. The molecule has 0 atom stereocenters. The molecule has 0 aliphatic carbocycles. The maximum absolute atomic E-state index is 12.6. The van der Waals surface area contributed by atoms with Crippen molar-refractivity contribution in [3.63, 3.8) is 0 Å². The van der Waals surface area contributed by atoms with E-state index in [4.69, 9.17) is 4.74 Å². The molecule has 1 aromatic carbocycles. The van der Waals surface area contributed by atoms with E-state index in [9.17, 15) is 9.59 Å². The van der Waals surface area contributed by atoms with Crippen LogP contribution >= 0.6 is 0 Å². The average Bonchev–Trinajstić information content (AvgIpc) is 2.70. The Morgan fingerprint density at radius 2 is 1.81 bits per heavy atom. The maximum atomic E-state index is 12.6. The summed E-state index contributed by atoms with van der Waals surface area (Å²) in [7, 11) is 2.03. The third kappa shape index (κ3) is 4.83. The Hall–Kier alpha value is -2.93. The van der Waals surface area contributed by atoms with Crippen LogP contribution in [0.2, 0.25) is 0 Å². The first-order valence-electron chi connectivity index (χ1n) is 9.05. The largest absolute Gasteiger partial charge is 0.494 e. The standard InChI is InChI=1S/C20H24N4O3/c1-3-27-17-6-4-16(5-7-17)22-19(25)15-8-9-21-18(14-15)20(26)24-12-10-23(2)11-13-24/h4-9,14H,3,10-13H2,1-2H3,(H,22,25). The van der Waals surface area contributed by atoms with Crippen LogP contribution in [0.4, 0.5) is 5.69 Å². The van der Waals surface area contributed by atoms with Gasteiger partial charge in [0.1, 0.15) is 11.4 Å². The van der Waals surface area contributed by atoms with E-state index in [1.54, 1.807) is 41.3 Å². The molecule has 2 heterocycles. The predicted molar refractivity (Wildman–Crippen MR) is 103 cm³/mol. The SMILES string of the molecule is CCOc1ccc(NC(=O)c2ccnc(C(=O)N3CCN(C)CC3)c2)cc1. The zero-order valence-electron chi connectivity index (χ0n) is 15.6. The van der Waals surface area contributed by atoms with Crippen molar-refractivity contribution in [3.8, 4) is 5.75 Å². The molecule has 1 aromatic heterocycles. The van der Waals surface area contributed by atoms with E-state index in [1.807, 2.05) is 14.0 Å². The van der Waals surface area contributed by atoms with Crippen molar-refractivity contribution in [2.45, 2.75) is 6.92 Å². The average molecular weight is 368 g/mol. The molecule has 0 unspecified atom stereocenters. The van der Waals surface area contributed by atoms with Crippen LogP contribution in [0.5, 0.6) is 5.75 Å². The molecule has 27 heavy (non-hydrogen) atoms. The number of likely N-dealkylation sites (N-methyl/N-ethyl adjacent to an activating group) is 1. The Morgan fingerprint density at radius 1 is 1.11 bits per heavy atom. The number of anilines is 1. The van der Waals surface area contributed by atoms with Gasteiger partial charge in [-0.05, 0) is 50.4 Å². The van der Waals surface area contributed by atoms with Gasteiger partial charge in [0.05, 0.1) is 6.61 Å². The molecule has 1 N–H and O–H groups in total. The number of aromatic nitrogens is 1. The molecule has 0 saturated carbocycles. The summed E-state index contributed by atoms with van der Waals surface area (Å²) in [4.78, 5) is 33.3. The molecule has 0 spiro atoms. The third-order valence-corrected chi connectivity index (χ3v) is 4.45. The van der Waals surface area contributed by atoms with E-state index < -0.39 is 0 Å². The Balaban J connectivity index is 1.67. The van der Waals surface area contributed by atoms with Gasteiger partial charge in [0.2, 0.25) is 0 Å². The molecule has 1 aliphatic rings. The highest BCUT2D eigenvalue weighted by Gasteiger charge is 2.22. The lowest BCUT2D eigenvalue weighted by molar-refractivity contribution is 0.0658. The number of rotatable bonds is 5. The zero-order valence-corrected chi connectivity index (χ0v) is 15.6. The topological polar surface area (TPSA) is 74.8 Å². The first-order valence-corrected chi connectivity index (χ1v) is 9.05. The second-order valence-electron chi connectivity index (χ2n) is 6.44. The van der Waals surface area contributed by atoms with E-state index in [0.29, 0.717) is 36.6 Å². The second kappa shape index (κ2) is 8.64. The van der Waals surface area contributed by atoms with Crippen molar-refractivity contribution >= 4 is 17.5 Å². The molecule has 0 bridgehead atoms. The minimum Gasteiger partial charge on any atom is -0.494 e. The molecule has 2 amide bonds. The summed E-state index contributed by atoms with van der Waals surface area (Å²) < 4.78 is 5.39. The normalized spacial score (nSPS) is 14.7. The first kappa shape index (κ1) is 18.8. The van der Waals surface area contributed by atoms with Gasteiger partial charge in [-0.25, -0.2) is 0 Å². The summed E-state index contributed by atoms with van der Waals surface area (Å²) in [6, 6.07) is 10.3. The summed E-state index contributed by atoms with van der Waals surface area (Å²) in [6.45, 7) is 5.51. The van der Waals surface area contributed by atoms with Crippen LogP contribution in [0.15, 0.2) is 42.6 Å². The van der Waals surface area contributed by atoms with Gasteiger partial charge in [-0.1, -0.05) is 0 Å². The summed E-state index contributed by atoms with van der Waals surface area (Å²) in [5.41, 5.74) is 1.35. The minimum atomic E-state index is -0.283.